The van der Waals surface area contributed by atoms with Gasteiger partial charge in [0.15, 0.2) is 0 Å². The molecule has 0 saturated carbocycles. The molecule has 3 aromatic rings. The monoisotopic (exact) mass is 366 g/mol. The molecule has 90 valence electrons. The van der Waals surface area contributed by atoms with Gasteiger partial charge in [-0.05, 0) is 75.8 Å². The number of rotatable bonds is 2. The van der Waals surface area contributed by atoms with E-state index in [4.69, 9.17) is 5.73 Å². The third kappa shape index (κ3) is 2.30. The van der Waals surface area contributed by atoms with Gasteiger partial charge in [-0.2, -0.15) is 0 Å². The topological polar surface area (TPSA) is 38.0 Å². The van der Waals surface area contributed by atoms with Gasteiger partial charge in [0, 0.05) is 14.0 Å². The Kier molecular flexibility index (Phi) is 3.13. The molecule has 0 aliphatic rings. The maximum Gasteiger partial charge on any atom is 0.0618 e. The average Bonchev–Trinajstić information content (AvgIpc) is 2.80. The van der Waals surface area contributed by atoms with Crippen LogP contribution in [0.1, 0.15) is 0 Å². The summed E-state index contributed by atoms with van der Waals surface area (Å²) < 4.78 is 2.44. The van der Waals surface area contributed by atoms with Crippen LogP contribution in [0, 0.1) is 3.57 Å². The maximum absolute atomic E-state index is 6.00. The second kappa shape index (κ2) is 4.78. The fourth-order valence-corrected chi connectivity index (χ4v) is 3.13. The Morgan fingerprint density at radius 1 is 1.06 bits per heavy atom. The molecule has 0 fully saturated rings. The molecule has 3 N–H and O–H groups in total. The summed E-state index contributed by atoms with van der Waals surface area (Å²) in [5, 5.41) is 6.72. The molecule has 2 aromatic carbocycles. The molecule has 0 spiro atoms. The summed E-state index contributed by atoms with van der Waals surface area (Å²) in [4.78, 5) is 0. The fourth-order valence-electron chi connectivity index (χ4n) is 1.85. The van der Waals surface area contributed by atoms with Crippen LogP contribution in [0.2, 0.25) is 0 Å². The van der Waals surface area contributed by atoms with Crippen molar-refractivity contribution in [3.63, 3.8) is 0 Å². The van der Waals surface area contributed by atoms with E-state index in [1.807, 2.05) is 18.2 Å². The zero-order valence-electron chi connectivity index (χ0n) is 9.48. The van der Waals surface area contributed by atoms with Gasteiger partial charge in [-0.25, -0.2) is 0 Å². The van der Waals surface area contributed by atoms with E-state index in [0.717, 1.165) is 20.6 Å². The zero-order chi connectivity index (χ0) is 12.5. The van der Waals surface area contributed by atoms with E-state index >= 15 is 0 Å². The number of hydrogen-bond acceptors (Lipinski definition) is 3. The van der Waals surface area contributed by atoms with Gasteiger partial charge < -0.3 is 11.1 Å². The van der Waals surface area contributed by atoms with Gasteiger partial charge in [0.25, 0.3) is 0 Å². The number of thiophene rings is 1. The van der Waals surface area contributed by atoms with Crippen molar-refractivity contribution in [3.8, 4) is 0 Å². The third-order valence-corrected chi connectivity index (χ3v) is 4.31. The lowest BCUT2D eigenvalue weighted by molar-refractivity contribution is 1.55. The van der Waals surface area contributed by atoms with E-state index in [-0.39, 0.29) is 0 Å². The van der Waals surface area contributed by atoms with Crippen molar-refractivity contribution in [1.82, 2.24) is 0 Å². The number of nitrogens with two attached hydrogens (primary N) is 1. The minimum Gasteiger partial charge on any atom is -0.397 e. The van der Waals surface area contributed by atoms with Crippen molar-refractivity contribution < 1.29 is 0 Å². The van der Waals surface area contributed by atoms with Gasteiger partial charge in [-0.15, -0.1) is 11.3 Å². The second-order valence-corrected chi connectivity index (χ2v) is 6.22. The molecular weight excluding hydrogens is 355 g/mol. The smallest absolute Gasteiger partial charge is 0.0618 e. The Bertz CT molecular complexity index is 706. The molecule has 0 aliphatic heterocycles. The van der Waals surface area contributed by atoms with E-state index in [2.05, 4.69) is 57.6 Å². The lowest BCUT2D eigenvalue weighted by Gasteiger charge is -2.09. The first-order valence-corrected chi connectivity index (χ1v) is 7.47. The van der Waals surface area contributed by atoms with E-state index in [1.165, 1.54) is 10.1 Å². The number of halogens is 1. The van der Waals surface area contributed by atoms with Crippen LogP contribution in [0.25, 0.3) is 10.1 Å². The molecule has 4 heteroatoms. The molecule has 1 heterocycles. The standard InChI is InChI=1S/C14H11IN2S/c15-10-1-3-13(12(16)8-10)17-11-2-4-14-9(7-11)5-6-18-14/h1-8,17H,16H2. The van der Waals surface area contributed by atoms with Crippen LogP contribution < -0.4 is 11.1 Å². The minimum atomic E-state index is 0.771. The quantitative estimate of drug-likeness (QED) is 0.504. The Morgan fingerprint density at radius 3 is 2.78 bits per heavy atom. The normalized spacial score (nSPS) is 10.7. The molecule has 0 atom stereocenters. The van der Waals surface area contributed by atoms with Crippen LogP contribution in [0.5, 0.6) is 0 Å². The van der Waals surface area contributed by atoms with E-state index in [1.54, 1.807) is 11.3 Å². The van der Waals surface area contributed by atoms with Crippen molar-refractivity contribution in [2.24, 2.45) is 0 Å². The number of nitrogen functional groups attached to an aromatic ring is 1. The molecule has 3 rings (SSSR count). The van der Waals surface area contributed by atoms with Crippen LogP contribution in [0.3, 0.4) is 0 Å². The van der Waals surface area contributed by atoms with Crippen molar-refractivity contribution in [3.05, 3.63) is 51.4 Å². The summed E-state index contributed by atoms with van der Waals surface area (Å²) in [7, 11) is 0. The molecule has 0 radical (unpaired) electrons. The maximum atomic E-state index is 6.00. The van der Waals surface area contributed by atoms with Gasteiger partial charge in [-0.1, -0.05) is 0 Å². The van der Waals surface area contributed by atoms with Gasteiger partial charge in [0.05, 0.1) is 11.4 Å². The summed E-state index contributed by atoms with van der Waals surface area (Å²) in [5.74, 6) is 0. The Morgan fingerprint density at radius 2 is 1.94 bits per heavy atom. The van der Waals surface area contributed by atoms with Gasteiger partial charge in [0.2, 0.25) is 0 Å². The Hall–Kier alpha value is -1.27. The molecule has 0 amide bonds. The highest BCUT2D eigenvalue weighted by Gasteiger charge is 2.02. The van der Waals surface area contributed by atoms with E-state index in [0.29, 0.717) is 0 Å². The molecule has 1 aromatic heterocycles. The molecule has 0 saturated heterocycles. The van der Waals surface area contributed by atoms with Crippen LogP contribution in [0.4, 0.5) is 17.1 Å². The second-order valence-electron chi connectivity index (χ2n) is 4.03. The van der Waals surface area contributed by atoms with Gasteiger partial charge in [-0.3, -0.25) is 0 Å². The van der Waals surface area contributed by atoms with E-state index in [9.17, 15) is 0 Å². The molecule has 18 heavy (non-hydrogen) atoms. The lowest BCUT2D eigenvalue weighted by atomic mass is 10.2. The molecule has 0 aliphatic carbocycles. The summed E-state index contributed by atoms with van der Waals surface area (Å²) in [5.41, 5.74) is 8.78. The molecule has 2 nitrogen and oxygen atoms in total. The van der Waals surface area contributed by atoms with E-state index < -0.39 is 0 Å². The summed E-state index contributed by atoms with van der Waals surface area (Å²) in [6, 6.07) is 14.5. The molecule has 0 unspecified atom stereocenters. The highest BCUT2D eigenvalue weighted by Crippen LogP contribution is 2.28. The molecule has 0 bridgehead atoms. The number of hydrogen-bond donors (Lipinski definition) is 2. The number of benzene rings is 2. The number of nitrogens with one attached hydrogen (secondary N) is 1. The summed E-state index contributed by atoms with van der Waals surface area (Å²) in [6.07, 6.45) is 0. The summed E-state index contributed by atoms with van der Waals surface area (Å²) in [6.45, 7) is 0. The van der Waals surface area contributed by atoms with Crippen molar-refractivity contribution in [2.75, 3.05) is 11.1 Å². The van der Waals surface area contributed by atoms with Crippen molar-refractivity contribution in [2.45, 2.75) is 0 Å². The first-order chi connectivity index (χ1) is 8.72. The fraction of sp³-hybridized carbons (Fsp3) is 0. The zero-order valence-corrected chi connectivity index (χ0v) is 12.5. The van der Waals surface area contributed by atoms with Gasteiger partial charge >= 0.3 is 0 Å². The number of anilines is 3. The summed E-state index contributed by atoms with van der Waals surface area (Å²) >= 11 is 4.01. The highest BCUT2D eigenvalue weighted by atomic mass is 127. The average molecular weight is 366 g/mol. The third-order valence-electron chi connectivity index (χ3n) is 2.75. The predicted molar refractivity (Wildman–Crippen MR) is 88.7 cm³/mol. The van der Waals surface area contributed by atoms with Crippen LogP contribution in [-0.2, 0) is 0 Å². The largest absolute Gasteiger partial charge is 0.397 e. The lowest BCUT2D eigenvalue weighted by Crippen LogP contribution is -1.96. The van der Waals surface area contributed by atoms with Crippen LogP contribution >= 0.6 is 33.9 Å². The first kappa shape index (κ1) is 11.8. The predicted octanol–water partition coefficient (Wildman–Crippen LogP) is 4.83. The highest BCUT2D eigenvalue weighted by molar-refractivity contribution is 14.1. The van der Waals surface area contributed by atoms with Crippen molar-refractivity contribution >= 4 is 61.1 Å². The number of fused-ring (bicyclic) bond motifs is 1. The van der Waals surface area contributed by atoms with Gasteiger partial charge in [0.1, 0.15) is 0 Å². The Labute approximate surface area is 123 Å². The van der Waals surface area contributed by atoms with Crippen molar-refractivity contribution in [1.29, 1.82) is 0 Å². The first-order valence-electron chi connectivity index (χ1n) is 5.52. The van der Waals surface area contributed by atoms with Crippen LogP contribution in [-0.4, -0.2) is 0 Å². The SMILES string of the molecule is Nc1cc(I)ccc1Nc1ccc2sccc2c1. The Balaban J connectivity index is 1.95. The van der Waals surface area contributed by atoms with Crippen LogP contribution in [0.15, 0.2) is 47.8 Å². The minimum absolute atomic E-state index is 0.771. The molecular formula is C14H11IN2S.